The molecule has 0 aromatic heterocycles. The first-order valence-corrected chi connectivity index (χ1v) is 4.92. The first kappa shape index (κ1) is 10.8. The van der Waals surface area contributed by atoms with Gasteiger partial charge in [-0.3, -0.25) is 4.79 Å². The van der Waals surface area contributed by atoms with Crippen LogP contribution in [0.5, 0.6) is 0 Å². The Kier molecular flexibility index (Phi) is 5.32. The van der Waals surface area contributed by atoms with Crippen LogP contribution in [0.4, 0.5) is 0 Å². The largest absolute Gasteiger partial charge is 0.354 e. The molecule has 2 atom stereocenters. The summed E-state index contributed by atoms with van der Waals surface area (Å²) in [7, 11) is 0. The lowest BCUT2D eigenvalue weighted by molar-refractivity contribution is -0.121. The molecule has 4 heteroatoms. The van der Waals surface area contributed by atoms with Gasteiger partial charge in [0.2, 0.25) is 5.91 Å². The van der Waals surface area contributed by atoms with E-state index in [2.05, 4.69) is 12.2 Å². The smallest absolute Gasteiger partial charge is 0.236 e. The summed E-state index contributed by atoms with van der Waals surface area (Å²) in [6.45, 7) is 4.44. The Morgan fingerprint density at radius 3 is 2.55 bits per heavy atom. The molecular formula is C7H16N2OS. The Bertz CT molecular complexity index is 128. The van der Waals surface area contributed by atoms with Crippen molar-refractivity contribution in [2.75, 3.05) is 12.8 Å². The van der Waals surface area contributed by atoms with Gasteiger partial charge in [0.15, 0.2) is 0 Å². The zero-order valence-electron chi connectivity index (χ0n) is 7.26. The molecule has 11 heavy (non-hydrogen) atoms. The lowest BCUT2D eigenvalue weighted by Gasteiger charge is -2.11. The van der Waals surface area contributed by atoms with E-state index in [1.165, 1.54) is 0 Å². The standard InChI is InChI=1S/C7H16N2OS/c1-5(11-3)4-9-7(10)6(2)8/h5-6H,4,8H2,1-3H3,(H,9,10)/t5?,6-/m1/s1. The number of nitrogens with one attached hydrogen (secondary N) is 1. The molecule has 0 heterocycles. The van der Waals surface area contributed by atoms with E-state index in [1.54, 1.807) is 18.7 Å². The second-order valence-corrected chi connectivity index (χ2v) is 3.86. The lowest BCUT2D eigenvalue weighted by Crippen LogP contribution is -2.40. The number of hydrogen-bond donors (Lipinski definition) is 2. The first-order valence-electron chi connectivity index (χ1n) is 3.64. The monoisotopic (exact) mass is 176 g/mol. The fourth-order valence-corrected chi connectivity index (χ4v) is 0.739. The molecule has 0 saturated heterocycles. The van der Waals surface area contributed by atoms with Gasteiger partial charge in [-0.1, -0.05) is 6.92 Å². The third-order valence-electron chi connectivity index (χ3n) is 1.38. The Balaban J connectivity index is 3.46. The molecule has 3 nitrogen and oxygen atoms in total. The van der Waals surface area contributed by atoms with Gasteiger partial charge >= 0.3 is 0 Å². The molecule has 3 N–H and O–H groups in total. The Labute approximate surface area is 72.1 Å². The van der Waals surface area contributed by atoms with Crippen LogP contribution in [-0.4, -0.2) is 30.0 Å². The van der Waals surface area contributed by atoms with Crippen molar-refractivity contribution in [2.24, 2.45) is 5.73 Å². The predicted molar refractivity (Wildman–Crippen MR) is 49.6 cm³/mol. The molecule has 0 rings (SSSR count). The molecule has 0 fully saturated rings. The lowest BCUT2D eigenvalue weighted by atomic mass is 10.3. The number of carbonyl (C=O) groups excluding carboxylic acids is 1. The number of amides is 1. The summed E-state index contributed by atoms with van der Waals surface area (Å²) in [5.74, 6) is -0.0779. The summed E-state index contributed by atoms with van der Waals surface area (Å²) in [5, 5.41) is 3.20. The number of hydrogen-bond acceptors (Lipinski definition) is 3. The van der Waals surface area contributed by atoms with Crippen molar-refractivity contribution in [3.63, 3.8) is 0 Å². The van der Waals surface area contributed by atoms with Crippen LogP contribution >= 0.6 is 11.8 Å². The highest BCUT2D eigenvalue weighted by Gasteiger charge is 2.07. The van der Waals surface area contributed by atoms with Crippen LogP contribution in [0.25, 0.3) is 0 Å². The average molecular weight is 176 g/mol. The summed E-state index contributed by atoms with van der Waals surface area (Å²) in [5.41, 5.74) is 5.34. The van der Waals surface area contributed by atoms with Crippen molar-refractivity contribution in [1.29, 1.82) is 0 Å². The third-order valence-corrected chi connectivity index (χ3v) is 2.35. The molecule has 0 aliphatic heterocycles. The van der Waals surface area contributed by atoms with Crippen LogP contribution < -0.4 is 11.1 Å². The van der Waals surface area contributed by atoms with Gasteiger partial charge in [0, 0.05) is 11.8 Å². The second-order valence-electron chi connectivity index (χ2n) is 2.58. The highest BCUT2D eigenvalue weighted by atomic mass is 32.2. The Hall–Kier alpha value is -0.220. The van der Waals surface area contributed by atoms with E-state index in [-0.39, 0.29) is 5.91 Å². The number of rotatable bonds is 4. The summed E-state index contributed by atoms with van der Waals surface area (Å²) < 4.78 is 0. The van der Waals surface area contributed by atoms with Crippen LogP contribution in [0, 0.1) is 0 Å². The van der Waals surface area contributed by atoms with Gasteiger partial charge in [-0.05, 0) is 13.2 Å². The van der Waals surface area contributed by atoms with Gasteiger partial charge in [-0.2, -0.15) is 11.8 Å². The molecule has 0 bridgehead atoms. The molecule has 0 aliphatic rings. The second kappa shape index (κ2) is 5.43. The fourth-order valence-electron chi connectivity index (χ4n) is 0.489. The van der Waals surface area contributed by atoms with E-state index in [1.807, 2.05) is 6.26 Å². The highest BCUT2D eigenvalue weighted by Crippen LogP contribution is 2.02. The molecule has 0 spiro atoms. The minimum absolute atomic E-state index is 0.0779. The summed E-state index contributed by atoms with van der Waals surface area (Å²) in [6, 6.07) is -0.399. The maximum absolute atomic E-state index is 10.9. The van der Waals surface area contributed by atoms with Gasteiger partial charge < -0.3 is 11.1 Å². The van der Waals surface area contributed by atoms with Gasteiger partial charge in [0.05, 0.1) is 6.04 Å². The van der Waals surface area contributed by atoms with Crippen LogP contribution in [0.2, 0.25) is 0 Å². The number of thioether (sulfide) groups is 1. The Morgan fingerprint density at radius 2 is 2.18 bits per heavy atom. The van der Waals surface area contributed by atoms with Gasteiger partial charge in [0.1, 0.15) is 0 Å². The van der Waals surface area contributed by atoms with Gasteiger partial charge in [-0.25, -0.2) is 0 Å². The molecule has 0 aliphatic carbocycles. The summed E-state index contributed by atoms with van der Waals surface area (Å²) in [4.78, 5) is 10.9. The summed E-state index contributed by atoms with van der Waals surface area (Å²) in [6.07, 6.45) is 2.02. The Morgan fingerprint density at radius 1 is 1.64 bits per heavy atom. The van der Waals surface area contributed by atoms with Crippen LogP contribution in [0.1, 0.15) is 13.8 Å². The van der Waals surface area contributed by atoms with E-state index in [4.69, 9.17) is 5.73 Å². The maximum atomic E-state index is 10.9. The van der Waals surface area contributed by atoms with E-state index in [0.29, 0.717) is 11.8 Å². The van der Waals surface area contributed by atoms with Crippen LogP contribution in [0.15, 0.2) is 0 Å². The zero-order chi connectivity index (χ0) is 8.85. The van der Waals surface area contributed by atoms with E-state index < -0.39 is 6.04 Å². The van der Waals surface area contributed by atoms with Gasteiger partial charge in [-0.15, -0.1) is 0 Å². The highest BCUT2D eigenvalue weighted by molar-refractivity contribution is 7.99. The third kappa shape index (κ3) is 5.09. The van der Waals surface area contributed by atoms with Crippen LogP contribution in [0.3, 0.4) is 0 Å². The number of nitrogens with two attached hydrogens (primary N) is 1. The maximum Gasteiger partial charge on any atom is 0.236 e. The molecule has 0 aromatic rings. The van der Waals surface area contributed by atoms with Crippen LogP contribution in [-0.2, 0) is 4.79 Å². The van der Waals surface area contributed by atoms with E-state index >= 15 is 0 Å². The molecular weight excluding hydrogens is 160 g/mol. The molecule has 66 valence electrons. The normalized spacial score (nSPS) is 15.6. The summed E-state index contributed by atoms with van der Waals surface area (Å²) >= 11 is 1.72. The first-order chi connectivity index (χ1) is 5.07. The topological polar surface area (TPSA) is 55.1 Å². The van der Waals surface area contributed by atoms with Crippen molar-refractivity contribution >= 4 is 17.7 Å². The predicted octanol–water partition coefficient (Wildman–Crippen LogP) is 0.201. The quantitative estimate of drug-likeness (QED) is 0.643. The fraction of sp³-hybridized carbons (Fsp3) is 0.857. The average Bonchev–Trinajstić information content (AvgIpc) is 1.99. The zero-order valence-corrected chi connectivity index (χ0v) is 8.07. The SMILES string of the molecule is CSC(C)CNC(=O)[C@@H](C)N. The molecule has 0 aromatic carbocycles. The van der Waals surface area contributed by atoms with Crippen molar-refractivity contribution in [3.8, 4) is 0 Å². The van der Waals surface area contributed by atoms with E-state index in [9.17, 15) is 4.79 Å². The van der Waals surface area contributed by atoms with Crippen molar-refractivity contribution < 1.29 is 4.79 Å². The molecule has 1 amide bonds. The number of carbonyl (C=O) groups is 1. The van der Waals surface area contributed by atoms with Crippen molar-refractivity contribution in [3.05, 3.63) is 0 Å². The molecule has 0 radical (unpaired) electrons. The van der Waals surface area contributed by atoms with Gasteiger partial charge in [0.25, 0.3) is 0 Å². The molecule has 0 saturated carbocycles. The molecule has 1 unspecified atom stereocenters. The van der Waals surface area contributed by atoms with Crippen molar-refractivity contribution in [1.82, 2.24) is 5.32 Å². The van der Waals surface area contributed by atoms with Crippen molar-refractivity contribution in [2.45, 2.75) is 25.1 Å². The minimum Gasteiger partial charge on any atom is -0.354 e. The minimum atomic E-state index is -0.399. The van der Waals surface area contributed by atoms with E-state index in [0.717, 1.165) is 0 Å².